The largest absolute Gasteiger partial charge is 0.481 e. The zero-order valence-electron chi connectivity index (χ0n) is 12.3. The lowest BCUT2D eigenvalue weighted by atomic mass is 10.1. The Labute approximate surface area is 123 Å². The lowest BCUT2D eigenvalue weighted by Crippen LogP contribution is -2.32. The van der Waals surface area contributed by atoms with Gasteiger partial charge in [0.25, 0.3) is 0 Å². The van der Waals surface area contributed by atoms with Crippen molar-refractivity contribution in [3.05, 3.63) is 5.01 Å². The number of carboxylic acid groups (broad SMARTS) is 1. The fourth-order valence-corrected chi connectivity index (χ4v) is 2.63. The Morgan fingerprint density at radius 1 is 1.45 bits per heavy atom. The van der Waals surface area contributed by atoms with Gasteiger partial charge in [-0.3, -0.25) is 4.79 Å². The number of aromatic nitrogens is 2. The highest BCUT2D eigenvalue weighted by Crippen LogP contribution is 2.22. The Hall–Kier alpha value is -1.21. The Bertz CT molecular complexity index is 411. The van der Waals surface area contributed by atoms with Crippen molar-refractivity contribution in [2.75, 3.05) is 25.1 Å². The summed E-state index contributed by atoms with van der Waals surface area (Å²) in [5.74, 6) is -1.21. The summed E-state index contributed by atoms with van der Waals surface area (Å²) < 4.78 is 5.03. The highest BCUT2D eigenvalue weighted by atomic mass is 32.1. The van der Waals surface area contributed by atoms with Crippen molar-refractivity contribution in [1.29, 1.82) is 0 Å². The zero-order valence-corrected chi connectivity index (χ0v) is 13.2. The van der Waals surface area contributed by atoms with Crippen LogP contribution in [0.5, 0.6) is 0 Å². The molecule has 1 rings (SSSR count). The van der Waals surface area contributed by atoms with E-state index in [1.54, 1.807) is 14.0 Å². The molecule has 0 bridgehead atoms. The average molecular weight is 301 g/mol. The lowest BCUT2D eigenvalue weighted by Gasteiger charge is -2.23. The van der Waals surface area contributed by atoms with Crippen molar-refractivity contribution in [1.82, 2.24) is 10.2 Å². The lowest BCUT2D eigenvalue weighted by molar-refractivity contribution is -0.140. The molecule has 6 nitrogen and oxygen atoms in total. The first-order valence-corrected chi connectivity index (χ1v) is 7.69. The van der Waals surface area contributed by atoms with E-state index in [1.165, 1.54) is 11.3 Å². The molecule has 1 heterocycles. The fraction of sp³-hybridized carbons (Fsp3) is 0.769. The molecule has 1 aromatic rings. The maximum atomic E-state index is 11.0. The summed E-state index contributed by atoms with van der Waals surface area (Å²) in [6.07, 6.45) is 3.29. The van der Waals surface area contributed by atoms with E-state index in [0.29, 0.717) is 13.2 Å². The summed E-state index contributed by atoms with van der Waals surface area (Å²) in [4.78, 5) is 13.0. The molecule has 0 aliphatic carbocycles. The number of methoxy groups -OCH3 is 1. The van der Waals surface area contributed by atoms with Gasteiger partial charge in [-0.25, -0.2) is 0 Å². The molecule has 7 heteroatoms. The Morgan fingerprint density at radius 2 is 2.20 bits per heavy atom. The van der Waals surface area contributed by atoms with Crippen molar-refractivity contribution in [3.63, 3.8) is 0 Å². The van der Waals surface area contributed by atoms with Crippen molar-refractivity contribution >= 4 is 22.4 Å². The first-order valence-electron chi connectivity index (χ1n) is 6.87. The first-order chi connectivity index (χ1) is 9.58. The van der Waals surface area contributed by atoms with Crippen LogP contribution in [0.25, 0.3) is 0 Å². The van der Waals surface area contributed by atoms with E-state index in [1.807, 2.05) is 4.90 Å². The molecule has 0 amide bonds. The number of anilines is 1. The molecule has 0 spiro atoms. The van der Waals surface area contributed by atoms with Gasteiger partial charge >= 0.3 is 5.97 Å². The number of rotatable bonds is 10. The van der Waals surface area contributed by atoms with Gasteiger partial charge in [-0.15, -0.1) is 10.2 Å². The normalized spacial score (nSPS) is 12.3. The summed E-state index contributed by atoms with van der Waals surface area (Å²) in [5, 5.41) is 18.9. The third-order valence-electron chi connectivity index (χ3n) is 2.94. The number of aliphatic carboxylic acids is 1. The zero-order chi connectivity index (χ0) is 15.0. The summed E-state index contributed by atoms with van der Waals surface area (Å²) in [7, 11) is 1.62. The van der Waals surface area contributed by atoms with Gasteiger partial charge in [-0.05, 0) is 6.42 Å². The van der Waals surface area contributed by atoms with Crippen LogP contribution in [-0.2, 0) is 16.1 Å². The topological polar surface area (TPSA) is 75.6 Å². The van der Waals surface area contributed by atoms with Gasteiger partial charge in [0.2, 0.25) is 5.13 Å². The van der Waals surface area contributed by atoms with Crippen molar-refractivity contribution in [3.8, 4) is 0 Å². The van der Waals surface area contributed by atoms with Crippen molar-refractivity contribution in [2.45, 2.75) is 39.7 Å². The quantitative estimate of drug-likeness (QED) is 0.669. The number of hydrogen-bond acceptors (Lipinski definition) is 6. The number of hydrogen-bond donors (Lipinski definition) is 1. The molecular weight excluding hydrogens is 278 g/mol. The van der Waals surface area contributed by atoms with Crippen LogP contribution in [0.4, 0.5) is 5.13 Å². The predicted molar refractivity (Wildman–Crippen MR) is 79.2 cm³/mol. The van der Waals surface area contributed by atoms with Crippen LogP contribution in [0.15, 0.2) is 0 Å². The maximum absolute atomic E-state index is 11.0. The highest BCUT2D eigenvalue weighted by Gasteiger charge is 2.19. The summed E-state index contributed by atoms with van der Waals surface area (Å²) in [6.45, 7) is 5.57. The number of carboxylic acids is 1. The van der Waals surface area contributed by atoms with Crippen LogP contribution in [0.2, 0.25) is 0 Å². The Morgan fingerprint density at radius 3 is 2.80 bits per heavy atom. The smallest absolute Gasteiger partial charge is 0.308 e. The van der Waals surface area contributed by atoms with Gasteiger partial charge in [-0.1, -0.05) is 38.0 Å². The van der Waals surface area contributed by atoms with Gasteiger partial charge in [0, 0.05) is 20.2 Å². The number of ether oxygens (including phenoxy) is 1. The summed E-state index contributed by atoms with van der Waals surface area (Å²) >= 11 is 1.46. The second kappa shape index (κ2) is 8.86. The third-order valence-corrected chi connectivity index (χ3v) is 3.90. The molecule has 0 saturated heterocycles. The van der Waals surface area contributed by atoms with E-state index < -0.39 is 11.9 Å². The molecule has 0 aliphatic heterocycles. The molecule has 0 aliphatic rings. The molecule has 0 saturated carbocycles. The molecule has 1 unspecified atom stereocenters. The summed E-state index contributed by atoms with van der Waals surface area (Å²) in [6, 6.07) is 0. The minimum Gasteiger partial charge on any atom is -0.481 e. The number of unbranched alkanes of at least 4 members (excludes halogenated alkanes) is 2. The van der Waals surface area contributed by atoms with Crippen LogP contribution in [-0.4, -0.2) is 41.5 Å². The number of nitrogens with zero attached hydrogens (tertiary/aromatic N) is 3. The van der Waals surface area contributed by atoms with E-state index in [4.69, 9.17) is 9.84 Å². The highest BCUT2D eigenvalue weighted by molar-refractivity contribution is 7.15. The van der Waals surface area contributed by atoms with Gasteiger partial charge in [0.05, 0.1) is 5.92 Å². The monoisotopic (exact) mass is 301 g/mol. The van der Waals surface area contributed by atoms with Crippen LogP contribution >= 0.6 is 11.3 Å². The molecule has 0 radical (unpaired) electrons. The van der Waals surface area contributed by atoms with E-state index in [-0.39, 0.29) is 0 Å². The fourth-order valence-electron chi connectivity index (χ4n) is 1.78. The van der Waals surface area contributed by atoms with Crippen LogP contribution in [0, 0.1) is 5.92 Å². The SMILES string of the molecule is CCCCCN(CC(C)C(=O)O)c1nnc(COC)s1. The third kappa shape index (κ3) is 5.42. The molecular formula is C13H23N3O3S. The molecule has 0 aromatic carbocycles. The number of carbonyl (C=O) groups is 1. The molecule has 20 heavy (non-hydrogen) atoms. The molecule has 1 atom stereocenters. The Kier molecular flexibility index (Phi) is 7.46. The second-order valence-corrected chi connectivity index (χ2v) is 5.84. The Balaban J connectivity index is 2.70. The summed E-state index contributed by atoms with van der Waals surface area (Å²) in [5.41, 5.74) is 0. The van der Waals surface area contributed by atoms with E-state index >= 15 is 0 Å². The maximum Gasteiger partial charge on any atom is 0.308 e. The van der Waals surface area contributed by atoms with E-state index in [0.717, 1.165) is 35.9 Å². The predicted octanol–water partition coefficient (Wildman–Crippen LogP) is 2.40. The molecule has 1 aromatic heterocycles. The minimum atomic E-state index is -0.785. The van der Waals surface area contributed by atoms with E-state index in [9.17, 15) is 4.79 Å². The van der Waals surface area contributed by atoms with Crippen LogP contribution in [0.1, 0.15) is 38.1 Å². The van der Waals surface area contributed by atoms with Gasteiger partial charge in [0.15, 0.2) is 0 Å². The average Bonchev–Trinajstić information content (AvgIpc) is 2.86. The molecule has 114 valence electrons. The first kappa shape index (κ1) is 16.8. The van der Waals surface area contributed by atoms with Crippen molar-refractivity contribution < 1.29 is 14.6 Å². The van der Waals surface area contributed by atoms with Gasteiger partial charge < -0.3 is 14.7 Å². The standard InChI is InChI=1S/C13H23N3O3S/c1-4-5-6-7-16(8-10(2)12(17)18)13-15-14-11(20-13)9-19-3/h10H,4-9H2,1-3H3,(H,17,18). The van der Waals surface area contributed by atoms with Gasteiger partial charge in [-0.2, -0.15) is 0 Å². The minimum absolute atomic E-state index is 0.425. The van der Waals surface area contributed by atoms with Gasteiger partial charge in [0.1, 0.15) is 11.6 Å². The molecule has 0 fully saturated rings. The van der Waals surface area contributed by atoms with Crippen LogP contribution < -0.4 is 4.90 Å². The van der Waals surface area contributed by atoms with Crippen LogP contribution in [0.3, 0.4) is 0 Å². The second-order valence-electron chi connectivity index (χ2n) is 4.80. The van der Waals surface area contributed by atoms with E-state index in [2.05, 4.69) is 17.1 Å². The van der Waals surface area contributed by atoms with Crippen molar-refractivity contribution in [2.24, 2.45) is 5.92 Å². The molecule has 1 N–H and O–H groups in total.